The number of benzene rings is 2. The van der Waals surface area contributed by atoms with Gasteiger partial charge in [0.25, 0.3) is 5.91 Å². The molecule has 5 nitrogen and oxygen atoms in total. The van der Waals surface area contributed by atoms with Crippen LogP contribution in [0.15, 0.2) is 46.4 Å². The lowest BCUT2D eigenvalue weighted by Gasteiger charge is -2.12. The molecule has 2 N–H and O–H groups in total. The molecule has 6 heteroatoms. The maximum absolute atomic E-state index is 11.3. The summed E-state index contributed by atoms with van der Waals surface area (Å²) in [7, 11) is 0. The number of hydrogen-bond donors (Lipinski definition) is 1. The molecule has 0 saturated heterocycles. The average molecular weight is 429 g/mol. The molecule has 2 aromatic rings. The minimum absolute atomic E-state index is 0.138. The van der Waals surface area contributed by atoms with Gasteiger partial charge in [0.1, 0.15) is 36.4 Å². The zero-order valence-electron chi connectivity index (χ0n) is 15.3. The number of nitrogens with zero attached hydrogens (tertiary/aromatic N) is 1. The lowest BCUT2D eigenvalue weighted by atomic mass is 10.1. The number of nitrogens with two attached hydrogens (primary N) is 1. The number of ether oxygens (including phenoxy) is 2. The molecule has 27 heavy (non-hydrogen) atoms. The van der Waals surface area contributed by atoms with Crippen LogP contribution in [0.5, 0.6) is 11.5 Å². The highest BCUT2D eigenvalue weighted by molar-refractivity contribution is 9.10. The van der Waals surface area contributed by atoms with E-state index in [1.54, 1.807) is 18.2 Å². The quantitative estimate of drug-likeness (QED) is 0.388. The fraction of sp³-hybridized carbons (Fsp3) is 0.238. The van der Waals surface area contributed by atoms with E-state index in [0.29, 0.717) is 24.5 Å². The molecule has 2 aromatic carbocycles. The topological polar surface area (TPSA) is 85.3 Å². The molecule has 0 radical (unpaired) electrons. The van der Waals surface area contributed by atoms with E-state index < -0.39 is 5.91 Å². The van der Waals surface area contributed by atoms with Gasteiger partial charge >= 0.3 is 0 Å². The van der Waals surface area contributed by atoms with Gasteiger partial charge in [-0.1, -0.05) is 28.9 Å². The molecule has 1 amide bonds. The van der Waals surface area contributed by atoms with Gasteiger partial charge in [-0.3, -0.25) is 4.79 Å². The number of halogens is 1. The Morgan fingerprint density at radius 1 is 1.22 bits per heavy atom. The molecular weight excluding hydrogens is 408 g/mol. The molecule has 0 bridgehead atoms. The fourth-order valence-electron chi connectivity index (χ4n) is 2.50. The number of amides is 1. The van der Waals surface area contributed by atoms with Crippen molar-refractivity contribution in [2.75, 3.05) is 13.2 Å². The summed E-state index contributed by atoms with van der Waals surface area (Å²) in [4.78, 5) is 11.3. The Morgan fingerprint density at radius 2 is 1.96 bits per heavy atom. The third-order valence-electron chi connectivity index (χ3n) is 3.79. The molecule has 2 rings (SSSR count). The minimum Gasteiger partial charge on any atom is -0.490 e. The Labute approximate surface area is 167 Å². The molecule has 0 aliphatic heterocycles. The molecule has 140 valence electrons. The van der Waals surface area contributed by atoms with Gasteiger partial charge in [-0.25, -0.2) is 0 Å². The standard InChI is InChI=1S/C21H21BrN2O3/c1-3-15-8-14(2)9-19(10-15)26-6-7-27-20-5-4-18(22)12-16(20)11-17(13-23)21(24)25/h4-5,8-12H,3,6-7H2,1-2H3,(H2,24,25). The Bertz CT molecular complexity index is 901. The van der Waals surface area contributed by atoms with Crippen LogP contribution < -0.4 is 15.2 Å². The number of carbonyl (C=O) groups is 1. The monoisotopic (exact) mass is 428 g/mol. The SMILES string of the molecule is CCc1cc(C)cc(OCCOc2ccc(Br)cc2C=C(C#N)C(N)=O)c1. The molecule has 0 aliphatic rings. The van der Waals surface area contributed by atoms with Crippen molar-refractivity contribution >= 4 is 27.9 Å². The van der Waals surface area contributed by atoms with Crippen molar-refractivity contribution in [3.63, 3.8) is 0 Å². The van der Waals surface area contributed by atoms with Crippen LogP contribution in [-0.2, 0) is 11.2 Å². The predicted molar refractivity (Wildman–Crippen MR) is 108 cm³/mol. The maximum atomic E-state index is 11.3. The number of carbonyl (C=O) groups excluding carboxylic acids is 1. The normalized spacial score (nSPS) is 11.0. The molecular formula is C21H21BrN2O3. The first-order valence-electron chi connectivity index (χ1n) is 8.50. The molecule has 0 fully saturated rings. The van der Waals surface area contributed by atoms with Gasteiger partial charge in [0.2, 0.25) is 0 Å². The molecule has 0 spiro atoms. The van der Waals surface area contributed by atoms with Gasteiger partial charge in [-0.05, 0) is 60.9 Å². The minimum atomic E-state index is -0.780. The van der Waals surface area contributed by atoms with Crippen LogP contribution in [0.2, 0.25) is 0 Å². The summed E-state index contributed by atoms with van der Waals surface area (Å²) in [6.45, 7) is 4.82. The zero-order valence-corrected chi connectivity index (χ0v) is 16.9. The smallest absolute Gasteiger partial charge is 0.259 e. The van der Waals surface area contributed by atoms with Gasteiger partial charge < -0.3 is 15.2 Å². The molecule has 0 atom stereocenters. The fourth-order valence-corrected chi connectivity index (χ4v) is 2.88. The summed E-state index contributed by atoms with van der Waals surface area (Å²) >= 11 is 3.37. The highest BCUT2D eigenvalue weighted by atomic mass is 79.9. The van der Waals surface area contributed by atoms with Crippen molar-refractivity contribution in [2.45, 2.75) is 20.3 Å². The Kier molecular flexibility index (Phi) is 7.44. The number of rotatable bonds is 8. The Hall–Kier alpha value is -2.78. The Balaban J connectivity index is 2.05. The van der Waals surface area contributed by atoms with Crippen LogP contribution in [0.25, 0.3) is 6.08 Å². The summed E-state index contributed by atoms with van der Waals surface area (Å²) in [6.07, 6.45) is 2.36. The first-order chi connectivity index (χ1) is 12.9. The summed E-state index contributed by atoms with van der Waals surface area (Å²) in [5.41, 5.74) is 8.03. The lowest BCUT2D eigenvalue weighted by Crippen LogP contribution is -2.13. The molecule has 0 saturated carbocycles. The van der Waals surface area contributed by atoms with Crippen LogP contribution in [0.1, 0.15) is 23.6 Å². The molecule has 0 unspecified atom stereocenters. The summed E-state index contributed by atoms with van der Waals surface area (Å²) in [5, 5.41) is 9.03. The second-order valence-corrected chi connectivity index (χ2v) is 6.84. The van der Waals surface area contributed by atoms with E-state index in [0.717, 1.165) is 22.2 Å². The van der Waals surface area contributed by atoms with E-state index in [1.807, 2.05) is 25.1 Å². The first kappa shape index (κ1) is 20.5. The second-order valence-electron chi connectivity index (χ2n) is 5.92. The van der Waals surface area contributed by atoms with Gasteiger partial charge in [0.15, 0.2) is 0 Å². The number of hydrogen-bond acceptors (Lipinski definition) is 4. The number of nitriles is 1. The van der Waals surface area contributed by atoms with Crippen LogP contribution in [0.4, 0.5) is 0 Å². The van der Waals surface area contributed by atoms with Gasteiger partial charge in [-0.15, -0.1) is 0 Å². The van der Waals surface area contributed by atoms with Gasteiger partial charge in [0.05, 0.1) is 0 Å². The van der Waals surface area contributed by atoms with E-state index >= 15 is 0 Å². The Morgan fingerprint density at radius 3 is 2.63 bits per heavy atom. The highest BCUT2D eigenvalue weighted by Crippen LogP contribution is 2.26. The summed E-state index contributed by atoms with van der Waals surface area (Å²) in [6, 6.07) is 13.3. The largest absolute Gasteiger partial charge is 0.490 e. The van der Waals surface area contributed by atoms with Crippen LogP contribution in [0, 0.1) is 18.3 Å². The zero-order chi connectivity index (χ0) is 19.8. The predicted octanol–water partition coefficient (Wildman–Crippen LogP) is 4.17. The van der Waals surface area contributed by atoms with Crippen LogP contribution in [0.3, 0.4) is 0 Å². The average Bonchev–Trinajstić information content (AvgIpc) is 2.63. The molecule has 0 heterocycles. The van der Waals surface area contributed by atoms with Crippen LogP contribution >= 0.6 is 15.9 Å². The van der Waals surface area contributed by atoms with Crippen molar-refractivity contribution in [1.29, 1.82) is 5.26 Å². The number of primary amides is 1. The van der Waals surface area contributed by atoms with Crippen molar-refractivity contribution < 1.29 is 14.3 Å². The second kappa shape index (κ2) is 9.79. The van der Waals surface area contributed by atoms with Crippen LogP contribution in [-0.4, -0.2) is 19.1 Å². The third kappa shape index (κ3) is 6.15. The summed E-state index contributed by atoms with van der Waals surface area (Å²) in [5.74, 6) is 0.569. The van der Waals surface area contributed by atoms with Crippen molar-refractivity contribution in [2.24, 2.45) is 5.73 Å². The molecule has 0 aliphatic carbocycles. The van der Waals surface area contributed by atoms with E-state index in [4.69, 9.17) is 20.5 Å². The van der Waals surface area contributed by atoms with Crippen molar-refractivity contribution in [3.8, 4) is 17.6 Å². The maximum Gasteiger partial charge on any atom is 0.259 e. The van der Waals surface area contributed by atoms with E-state index in [2.05, 4.69) is 28.9 Å². The van der Waals surface area contributed by atoms with E-state index in [9.17, 15) is 4.79 Å². The van der Waals surface area contributed by atoms with E-state index in [1.165, 1.54) is 11.6 Å². The van der Waals surface area contributed by atoms with Crippen molar-refractivity contribution in [3.05, 3.63) is 63.1 Å². The van der Waals surface area contributed by atoms with Gasteiger partial charge in [0, 0.05) is 10.0 Å². The first-order valence-corrected chi connectivity index (χ1v) is 9.29. The highest BCUT2D eigenvalue weighted by Gasteiger charge is 2.08. The number of aryl methyl sites for hydroxylation is 2. The summed E-state index contributed by atoms with van der Waals surface area (Å²) < 4.78 is 12.4. The third-order valence-corrected chi connectivity index (χ3v) is 4.28. The van der Waals surface area contributed by atoms with Crippen molar-refractivity contribution in [1.82, 2.24) is 0 Å². The van der Waals surface area contributed by atoms with E-state index in [-0.39, 0.29) is 5.57 Å². The van der Waals surface area contributed by atoms with Gasteiger partial charge in [-0.2, -0.15) is 5.26 Å². The molecule has 0 aromatic heterocycles. The lowest BCUT2D eigenvalue weighted by molar-refractivity contribution is -0.114.